The summed E-state index contributed by atoms with van der Waals surface area (Å²) in [5.41, 5.74) is 1.51. The molecule has 0 aliphatic carbocycles. The van der Waals surface area contributed by atoms with Gasteiger partial charge in [0.05, 0.1) is 10.5 Å². The van der Waals surface area contributed by atoms with Crippen LogP contribution in [0, 0.1) is 10.1 Å². The van der Waals surface area contributed by atoms with Gasteiger partial charge in [-0.15, -0.1) is 0 Å². The standard InChI is InChI=1S/C21H20ClN3O4/c1-15(26)23-10-12-24(13-11-23)20(27)9-8-16-4-3-7-19(25(28)29)21(16)17-5-2-6-18(22)14-17/h2-9,14H,10-13H2,1H3/b9-8+. The molecule has 0 spiro atoms. The van der Waals surface area contributed by atoms with E-state index in [4.69, 9.17) is 11.6 Å². The minimum absolute atomic E-state index is 0.00426. The van der Waals surface area contributed by atoms with Crippen molar-refractivity contribution >= 4 is 35.2 Å². The average Bonchev–Trinajstić information content (AvgIpc) is 2.71. The molecule has 1 saturated heterocycles. The highest BCUT2D eigenvalue weighted by atomic mass is 35.5. The smallest absolute Gasteiger partial charge is 0.277 e. The number of nitrogens with zero attached hydrogens (tertiary/aromatic N) is 3. The van der Waals surface area contributed by atoms with Gasteiger partial charge in [-0.2, -0.15) is 0 Å². The maximum Gasteiger partial charge on any atom is 0.277 e. The monoisotopic (exact) mass is 413 g/mol. The van der Waals surface area contributed by atoms with Crippen molar-refractivity contribution in [3.8, 4) is 11.1 Å². The Kier molecular flexibility index (Phi) is 6.29. The second kappa shape index (κ2) is 8.87. The number of carbonyl (C=O) groups is 2. The van der Waals surface area contributed by atoms with Gasteiger partial charge in [-0.3, -0.25) is 19.7 Å². The van der Waals surface area contributed by atoms with Crippen LogP contribution in [0.2, 0.25) is 5.02 Å². The Balaban J connectivity index is 1.87. The van der Waals surface area contributed by atoms with Crippen LogP contribution in [0.5, 0.6) is 0 Å². The van der Waals surface area contributed by atoms with E-state index in [2.05, 4.69) is 0 Å². The zero-order chi connectivity index (χ0) is 21.0. The summed E-state index contributed by atoms with van der Waals surface area (Å²) >= 11 is 6.07. The van der Waals surface area contributed by atoms with Crippen LogP contribution < -0.4 is 0 Å². The highest BCUT2D eigenvalue weighted by Gasteiger charge is 2.22. The van der Waals surface area contributed by atoms with Gasteiger partial charge in [-0.05, 0) is 29.3 Å². The van der Waals surface area contributed by atoms with Crippen molar-refractivity contribution in [1.29, 1.82) is 0 Å². The predicted octanol–water partition coefficient (Wildman–Crippen LogP) is 3.62. The number of nitro groups is 1. The van der Waals surface area contributed by atoms with Gasteiger partial charge in [0.1, 0.15) is 0 Å². The first-order chi connectivity index (χ1) is 13.9. The third kappa shape index (κ3) is 4.81. The van der Waals surface area contributed by atoms with Crippen molar-refractivity contribution in [1.82, 2.24) is 9.80 Å². The average molecular weight is 414 g/mol. The molecular weight excluding hydrogens is 394 g/mol. The number of nitro benzene ring substituents is 1. The third-order valence-electron chi connectivity index (χ3n) is 4.83. The van der Waals surface area contributed by atoms with Crippen LogP contribution in [0.1, 0.15) is 12.5 Å². The van der Waals surface area contributed by atoms with Crippen LogP contribution >= 0.6 is 11.6 Å². The molecule has 0 unspecified atom stereocenters. The normalized spacial score (nSPS) is 14.3. The van der Waals surface area contributed by atoms with E-state index in [1.165, 1.54) is 19.1 Å². The summed E-state index contributed by atoms with van der Waals surface area (Å²) in [5.74, 6) is -0.202. The van der Waals surface area contributed by atoms with Gasteiger partial charge >= 0.3 is 0 Å². The zero-order valence-corrected chi connectivity index (χ0v) is 16.6. The van der Waals surface area contributed by atoms with Crippen molar-refractivity contribution in [2.24, 2.45) is 0 Å². The fraction of sp³-hybridized carbons (Fsp3) is 0.238. The van der Waals surface area contributed by atoms with Crippen molar-refractivity contribution < 1.29 is 14.5 Å². The Morgan fingerprint density at radius 3 is 2.34 bits per heavy atom. The van der Waals surface area contributed by atoms with Crippen LogP contribution in [0.3, 0.4) is 0 Å². The molecule has 3 rings (SSSR count). The Hall–Kier alpha value is -3.19. The molecule has 0 N–H and O–H groups in total. The Morgan fingerprint density at radius 1 is 1.07 bits per heavy atom. The highest BCUT2D eigenvalue weighted by Crippen LogP contribution is 2.35. The summed E-state index contributed by atoms with van der Waals surface area (Å²) in [6.07, 6.45) is 3.00. The Morgan fingerprint density at radius 2 is 1.72 bits per heavy atom. The number of benzene rings is 2. The second-order valence-corrected chi connectivity index (χ2v) is 7.11. The second-order valence-electron chi connectivity index (χ2n) is 6.67. The zero-order valence-electron chi connectivity index (χ0n) is 15.9. The molecule has 0 saturated carbocycles. The van der Waals surface area contributed by atoms with Gasteiger partial charge in [0, 0.05) is 50.3 Å². The van der Waals surface area contributed by atoms with Gasteiger partial charge in [0.25, 0.3) is 5.69 Å². The largest absolute Gasteiger partial charge is 0.339 e. The Bertz CT molecular complexity index is 982. The van der Waals surface area contributed by atoms with Crippen LogP contribution in [0.25, 0.3) is 17.2 Å². The number of amides is 2. The summed E-state index contributed by atoms with van der Waals surface area (Å²) < 4.78 is 0. The van der Waals surface area contributed by atoms with Gasteiger partial charge < -0.3 is 9.80 Å². The molecule has 2 amide bonds. The van der Waals surface area contributed by atoms with Gasteiger partial charge in [-0.1, -0.05) is 35.9 Å². The maximum absolute atomic E-state index is 12.5. The number of carbonyl (C=O) groups excluding carboxylic acids is 2. The molecule has 0 aromatic heterocycles. The first-order valence-corrected chi connectivity index (χ1v) is 9.50. The molecular formula is C21H20ClN3O4. The quantitative estimate of drug-likeness (QED) is 0.435. The number of rotatable bonds is 4. The van der Waals surface area contributed by atoms with Gasteiger partial charge in [-0.25, -0.2) is 0 Å². The first-order valence-electron chi connectivity index (χ1n) is 9.12. The molecule has 2 aromatic rings. The molecule has 1 fully saturated rings. The fourth-order valence-electron chi connectivity index (χ4n) is 3.32. The van der Waals surface area contributed by atoms with Crippen LogP contribution in [0.15, 0.2) is 48.5 Å². The fourth-order valence-corrected chi connectivity index (χ4v) is 3.51. The Labute approximate surface area is 173 Å². The molecule has 2 aromatic carbocycles. The lowest BCUT2D eigenvalue weighted by Gasteiger charge is -2.33. The number of halogens is 1. The van der Waals surface area contributed by atoms with Crippen molar-refractivity contribution in [3.05, 3.63) is 69.2 Å². The van der Waals surface area contributed by atoms with E-state index in [1.807, 2.05) is 0 Å². The van der Waals surface area contributed by atoms with Crippen LogP contribution in [0.4, 0.5) is 5.69 Å². The molecule has 0 atom stereocenters. The van der Waals surface area contributed by atoms with E-state index in [0.29, 0.717) is 47.9 Å². The van der Waals surface area contributed by atoms with E-state index in [9.17, 15) is 19.7 Å². The van der Waals surface area contributed by atoms with E-state index in [0.717, 1.165) is 0 Å². The van der Waals surface area contributed by atoms with Crippen molar-refractivity contribution in [2.45, 2.75) is 6.92 Å². The number of hydrogen-bond donors (Lipinski definition) is 0. The number of piperazine rings is 1. The van der Waals surface area contributed by atoms with E-state index in [1.54, 1.807) is 52.3 Å². The molecule has 1 aliphatic rings. The minimum Gasteiger partial charge on any atom is -0.339 e. The summed E-state index contributed by atoms with van der Waals surface area (Å²) in [7, 11) is 0. The summed E-state index contributed by atoms with van der Waals surface area (Å²) in [4.78, 5) is 38.4. The van der Waals surface area contributed by atoms with Crippen molar-refractivity contribution in [2.75, 3.05) is 26.2 Å². The molecule has 7 nitrogen and oxygen atoms in total. The summed E-state index contributed by atoms with van der Waals surface area (Å²) in [6.45, 7) is 3.42. The lowest BCUT2D eigenvalue weighted by atomic mass is 9.97. The van der Waals surface area contributed by atoms with E-state index < -0.39 is 4.92 Å². The molecule has 8 heteroatoms. The highest BCUT2D eigenvalue weighted by molar-refractivity contribution is 6.30. The summed E-state index contributed by atoms with van der Waals surface area (Å²) in [5, 5.41) is 12.0. The molecule has 150 valence electrons. The SMILES string of the molecule is CC(=O)N1CCN(C(=O)/C=C/c2cccc([N+](=O)[O-])c2-c2cccc(Cl)c2)CC1. The molecule has 0 radical (unpaired) electrons. The topological polar surface area (TPSA) is 83.8 Å². The molecule has 29 heavy (non-hydrogen) atoms. The first kappa shape index (κ1) is 20.5. The minimum atomic E-state index is -0.448. The van der Waals surface area contributed by atoms with Crippen LogP contribution in [-0.4, -0.2) is 52.7 Å². The van der Waals surface area contributed by atoms with Crippen molar-refractivity contribution in [3.63, 3.8) is 0 Å². The predicted molar refractivity (Wildman–Crippen MR) is 111 cm³/mol. The van der Waals surface area contributed by atoms with Gasteiger partial charge in [0.15, 0.2) is 0 Å². The van der Waals surface area contributed by atoms with E-state index >= 15 is 0 Å². The molecule has 0 bridgehead atoms. The number of hydrogen-bond acceptors (Lipinski definition) is 4. The lowest BCUT2D eigenvalue weighted by Crippen LogP contribution is -2.49. The van der Waals surface area contributed by atoms with Gasteiger partial charge in [0.2, 0.25) is 11.8 Å². The molecule has 1 heterocycles. The van der Waals surface area contributed by atoms with E-state index in [-0.39, 0.29) is 17.5 Å². The summed E-state index contributed by atoms with van der Waals surface area (Å²) in [6, 6.07) is 11.6. The molecule has 1 aliphatic heterocycles. The third-order valence-corrected chi connectivity index (χ3v) is 5.06. The maximum atomic E-state index is 12.5. The van der Waals surface area contributed by atoms with Crippen LogP contribution in [-0.2, 0) is 9.59 Å². The lowest BCUT2D eigenvalue weighted by molar-refractivity contribution is -0.384.